The molecular weight excluding hydrogens is 448 g/mol. The number of carbonyl (C=O) groups excluding carboxylic acids is 2. The highest BCUT2D eigenvalue weighted by Gasteiger charge is 2.46. The minimum absolute atomic E-state index is 0.0874. The minimum atomic E-state index is -0.696. The average molecular weight is 481 g/mol. The van der Waals surface area contributed by atoms with Gasteiger partial charge in [0.25, 0.3) is 11.7 Å². The van der Waals surface area contributed by atoms with Crippen LogP contribution < -0.4 is 9.47 Å². The van der Waals surface area contributed by atoms with Gasteiger partial charge in [-0.05, 0) is 48.4 Å². The number of morpholine rings is 1. The van der Waals surface area contributed by atoms with Crippen LogP contribution in [0.4, 0.5) is 0 Å². The Morgan fingerprint density at radius 2 is 1.66 bits per heavy atom. The summed E-state index contributed by atoms with van der Waals surface area (Å²) in [5.41, 5.74) is 1.28. The van der Waals surface area contributed by atoms with Crippen molar-refractivity contribution < 1.29 is 28.9 Å². The van der Waals surface area contributed by atoms with Gasteiger partial charge in [0.2, 0.25) is 0 Å². The molecule has 2 heterocycles. The van der Waals surface area contributed by atoms with E-state index >= 15 is 0 Å². The Morgan fingerprint density at radius 3 is 2.29 bits per heavy atom. The summed E-state index contributed by atoms with van der Waals surface area (Å²) in [4.78, 5) is 30.1. The fourth-order valence-electron chi connectivity index (χ4n) is 4.40. The molecule has 35 heavy (non-hydrogen) atoms. The summed E-state index contributed by atoms with van der Waals surface area (Å²) in [5.74, 6) is -0.136. The van der Waals surface area contributed by atoms with Crippen molar-refractivity contribution in [3.8, 4) is 11.5 Å². The average Bonchev–Trinajstić information content (AvgIpc) is 3.16. The summed E-state index contributed by atoms with van der Waals surface area (Å²) < 4.78 is 16.3. The van der Waals surface area contributed by atoms with Crippen LogP contribution >= 0.6 is 0 Å². The molecule has 1 atom stereocenters. The van der Waals surface area contributed by atoms with E-state index in [-0.39, 0.29) is 11.3 Å². The summed E-state index contributed by atoms with van der Waals surface area (Å²) in [6.45, 7) is 6.47. The van der Waals surface area contributed by atoms with Gasteiger partial charge in [-0.1, -0.05) is 19.1 Å². The SMILES string of the molecule is CCCOc1ccc(C(O)=C2C(=O)C(=O)N(CCN3CCOCC3)[C@@H]2c2ccc(OC)cc2)cc1. The number of hydrogen-bond donors (Lipinski definition) is 1. The Hall–Kier alpha value is -3.36. The van der Waals surface area contributed by atoms with Crippen LogP contribution in [0.5, 0.6) is 11.5 Å². The maximum atomic E-state index is 13.2. The first kappa shape index (κ1) is 24.8. The van der Waals surface area contributed by atoms with E-state index in [9.17, 15) is 14.7 Å². The number of likely N-dealkylation sites (tertiary alicyclic amines) is 1. The van der Waals surface area contributed by atoms with E-state index in [4.69, 9.17) is 14.2 Å². The quantitative estimate of drug-likeness (QED) is 0.335. The maximum absolute atomic E-state index is 13.2. The monoisotopic (exact) mass is 480 g/mol. The highest BCUT2D eigenvalue weighted by atomic mass is 16.5. The first-order valence-electron chi connectivity index (χ1n) is 12.0. The number of Topliss-reactive ketones (excluding diaryl/α,β-unsaturated/α-hetero) is 1. The molecule has 2 saturated heterocycles. The predicted molar refractivity (Wildman–Crippen MR) is 131 cm³/mol. The van der Waals surface area contributed by atoms with E-state index < -0.39 is 17.7 Å². The fraction of sp³-hybridized carbons (Fsp3) is 0.407. The molecule has 0 unspecified atom stereocenters. The van der Waals surface area contributed by atoms with Crippen molar-refractivity contribution in [1.82, 2.24) is 9.80 Å². The molecule has 186 valence electrons. The number of ketones is 1. The second-order valence-corrected chi connectivity index (χ2v) is 8.59. The first-order valence-corrected chi connectivity index (χ1v) is 12.0. The number of nitrogens with zero attached hydrogens (tertiary/aromatic N) is 2. The fourth-order valence-corrected chi connectivity index (χ4v) is 4.40. The number of ether oxygens (including phenoxy) is 3. The molecule has 1 N–H and O–H groups in total. The smallest absolute Gasteiger partial charge is 0.295 e. The molecule has 0 spiro atoms. The van der Waals surface area contributed by atoms with Crippen LogP contribution in [-0.2, 0) is 14.3 Å². The van der Waals surface area contributed by atoms with Crippen molar-refractivity contribution in [3.63, 3.8) is 0 Å². The van der Waals surface area contributed by atoms with Crippen molar-refractivity contribution in [2.24, 2.45) is 0 Å². The van der Waals surface area contributed by atoms with Gasteiger partial charge in [0, 0.05) is 31.7 Å². The topological polar surface area (TPSA) is 88.5 Å². The number of aliphatic hydroxyl groups is 1. The van der Waals surface area contributed by atoms with Gasteiger partial charge in [0.15, 0.2) is 0 Å². The van der Waals surface area contributed by atoms with Crippen LogP contribution in [0.2, 0.25) is 0 Å². The van der Waals surface area contributed by atoms with Crippen LogP contribution in [0.25, 0.3) is 5.76 Å². The first-order chi connectivity index (χ1) is 17.0. The Morgan fingerprint density at radius 1 is 1.00 bits per heavy atom. The molecule has 4 rings (SSSR count). The molecule has 2 fully saturated rings. The molecule has 8 heteroatoms. The van der Waals surface area contributed by atoms with Gasteiger partial charge in [-0.3, -0.25) is 14.5 Å². The van der Waals surface area contributed by atoms with Gasteiger partial charge in [-0.15, -0.1) is 0 Å². The Kier molecular flexibility index (Phi) is 8.05. The van der Waals surface area contributed by atoms with E-state index in [0.717, 1.165) is 25.1 Å². The summed E-state index contributed by atoms with van der Waals surface area (Å²) in [7, 11) is 1.58. The number of carbonyl (C=O) groups is 2. The third-order valence-corrected chi connectivity index (χ3v) is 6.33. The van der Waals surface area contributed by atoms with Crippen molar-refractivity contribution in [2.75, 3.05) is 53.1 Å². The largest absolute Gasteiger partial charge is 0.507 e. The molecule has 0 bridgehead atoms. The van der Waals surface area contributed by atoms with E-state index in [1.807, 2.05) is 19.1 Å². The van der Waals surface area contributed by atoms with Gasteiger partial charge in [-0.25, -0.2) is 0 Å². The third-order valence-electron chi connectivity index (χ3n) is 6.33. The molecule has 0 aliphatic carbocycles. The van der Waals surface area contributed by atoms with E-state index in [1.54, 1.807) is 48.4 Å². The Labute approximate surface area is 205 Å². The summed E-state index contributed by atoms with van der Waals surface area (Å²) in [6, 6.07) is 13.4. The lowest BCUT2D eigenvalue weighted by atomic mass is 9.95. The maximum Gasteiger partial charge on any atom is 0.295 e. The van der Waals surface area contributed by atoms with E-state index in [0.29, 0.717) is 50.0 Å². The second-order valence-electron chi connectivity index (χ2n) is 8.59. The third kappa shape index (κ3) is 5.49. The molecule has 2 aromatic carbocycles. The lowest BCUT2D eigenvalue weighted by Gasteiger charge is -2.31. The van der Waals surface area contributed by atoms with Crippen molar-refractivity contribution in [3.05, 3.63) is 65.2 Å². The molecule has 2 aliphatic rings. The van der Waals surface area contributed by atoms with Crippen LogP contribution in [0.1, 0.15) is 30.5 Å². The van der Waals surface area contributed by atoms with Gasteiger partial charge >= 0.3 is 0 Å². The van der Waals surface area contributed by atoms with Crippen LogP contribution in [0.15, 0.2) is 54.1 Å². The van der Waals surface area contributed by atoms with Gasteiger partial charge < -0.3 is 24.2 Å². The lowest BCUT2D eigenvalue weighted by molar-refractivity contribution is -0.140. The lowest BCUT2D eigenvalue weighted by Crippen LogP contribution is -2.42. The molecule has 1 amide bonds. The number of methoxy groups -OCH3 is 1. The Balaban J connectivity index is 1.68. The zero-order chi connectivity index (χ0) is 24.8. The summed E-state index contributed by atoms with van der Waals surface area (Å²) in [6.07, 6.45) is 0.886. The van der Waals surface area contributed by atoms with Gasteiger partial charge in [-0.2, -0.15) is 0 Å². The number of rotatable bonds is 9. The van der Waals surface area contributed by atoms with E-state index in [1.165, 1.54) is 0 Å². The summed E-state index contributed by atoms with van der Waals surface area (Å²) >= 11 is 0. The van der Waals surface area contributed by atoms with Crippen LogP contribution in [0.3, 0.4) is 0 Å². The summed E-state index contributed by atoms with van der Waals surface area (Å²) in [5, 5.41) is 11.2. The number of aliphatic hydroxyl groups excluding tert-OH is 1. The van der Waals surface area contributed by atoms with Crippen molar-refractivity contribution >= 4 is 17.4 Å². The highest BCUT2D eigenvalue weighted by Crippen LogP contribution is 2.39. The van der Waals surface area contributed by atoms with Gasteiger partial charge in [0.05, 0.1) is 38.5 Å². The van der Waals surface area contributed by atoms with Crippen molar-refractivity contribution in [1.29, 1.82) is 0 Å². The molecular formula is C27H32N2O6. The molecule has 0 saturated carbocycles. The van der Waals surface area contributed by atoms with Crippen LogP contribution in [0, 0.1) is 0 Å². The second kappa shape index (κ2) is 11.4. The predicted octanol–water partition coefficient (Wildman–Crippen LogP) is 3.24. The molecule has 8 nitrogen and oxygen atoms in total. The molecule has 2 aliphatic heterocycles. The Bertz CT molecular complexity index is 1060. The van der Waals surface area contributed by atoms with Gasteiger partial charge in [0.1, 0.15) is 17.3 Å². The van der Waals surface area contributed by atoms with E-state index in [2.05, 4.69) is 4.90 Å². The zero-order valence-electron chi connectivity index (χ0n) is 20.2. The number of benzene rings is 2. The standard InChI is InChI=1S/C27H32N2O6/c1-3-16-35-22-10-6-20(7-11-22)25(30)23-24(19-4-8-21(33-2)9-5-19)29(27(32)26(23)31)13-12-28-14-17-34-18-15-28/h4-11,24,30H,3,12-18H2,1-2H3/t24-/m1/s1. The normalized spacial score (nSPS) is 20.3. The highest BCUT2D eigenvalue weighted by molar-refractivity contribution is 6.46. The molecule has 0 aromatic heterocycles. The number of amides is 1. The van der Waals surface area contributed by atoms with Crippen molar-refractivity contribution in [2.45, 2.75) is 19.4 Å². The molecule has 2 aromatic rings. The zero-order valence-corrected chi connectivity index (χ0v) is 20.2. The minimum Gasteiger partial charge on any atom is -0.507 e. The number of hydrogen-bond acceptors (Lipinski definition) is 7. The van der Waals surface area contributed by atoms with Crippen LogP contribution in [-0.4, -0.2) is 79.7 Å². The molecule has 0 radical (unpaired) electrons.